The highest BCUT2D eigenvalue weighted by Crippen LogP contribution is 2.58. The zero-order valence-electron chi connectivity index (χ0n) is 9.82. The summed E-state index contributed by atoms with van der Waals surface area (Å²) in [6.07, 6.45) is 5.58. The smallest absolute Gasteiger partial charge is 0.0859 e. The summed E-state index contributed by atoms with van der Waals surface area (Å²) in [4.78, 5) is 0. The lowest BCUT2D eigenvalue weighted by molar-refractivity contribution is 0.185. The van der Waals surface area contributed by atoms with Gasteiger partial charge in [-0.05, 0) is 50.4 Å². The van der Waals surface area contributed by atoms with Crippen molar-refractivity contribution in [3.05, 3.63) is 11.4 Å². The van der Waals surface area contributed by atoms with E-state index in [9.17, 15) is 5.11 Å². The van der Waals surface area contributed by atoms with E-state index in [0.29, 0.717) is 6.61 Å². The summed E-state index contributed by atoms with van der Waals surface area (Å²) in [6.45, 7) is 3.37. The van der Waals surface area contributed by atoms with Gasteiger partial charge in [0.1, 0.15) is 0 Å². The molecule has 0 aromatic carbocycles. The molecule has 1 aromatic rings. The molecule has 0 bridgehead atoms. The molecule has 0 radical (unpaired) electrons. The van der Waals surface area contributed by atoms with Gasteiger partial charge in [0.05, 0.1) is 11.4 Å². The van der Waals surface area contributed by atoms with Crippen LogP contribution in [0.3, 0.4) is 0 Å². The molecule has 0 spiro atoms. The van der Waals surface area contributed by atoms with Crippen LogP contribution in [0.4, 0.5) is 0 Å². The van der Waals surface area contributed by atoms with Crippen LogP contribution < -0.4 is 0 Å². The van der Waals surface area contributed by atoms with Gasteiger partial charge in [0.25, 0.3) is 0 Å². The number of hydrogen-bond donors (Lipinski definition) is 1. The monoisotopic (exact) mass is 221 g/mol. The van der Waals surface area contributed by atoms with Gasteiger partial charge in [0, 0.05) is 13.2 Å². The second-order valence-electron chi connectivity index (χ2n) is 5.26. The van der Waals surface area contributed by atoms with Gasteiger partial charge in [-0.2, -0.15) is 0 Å². The van der Waals surface area contributed by atoms with E-state index < -0.39 is 0 Å². The summed E-state index contributed by atoms with van der Waals surface area (Å²) in [5.74, 6) is 0.734. The highest BCUT2D eigenvalue weighted by molar-refractivity contribution is 5.16. The summed E-state index contributed by atoms with van der Waals surface area (Å²) in [7, 11) is 0. The van der Waals surface area contributed by atoms with Crippen LogP contribution in [0.15, 0.2) is 0 Å². The van der Waals surface area contributed by atoms with Gasteiger partial charge in [-0.1, -0.05) is 5.21 Å². The Bertz CT molecular complexity index is 401. The third kappa shape index (κ3) is 1.39. The Morgan fingerprint density at radius 1 is 1.50 bits per heavy atom. The van der Waals surface area contributed by atoms with Crippen LogP contribution >= 0.6 is 0 Å². The second-order valence-corrected chi connectivity index (χ2v) is 5.26. The molecular formula is C12H19N3O. The van der Waals surface area contributed by atoms with Crippen molar-refractivity contribution < 1.29 is 5.11 Å². The Hall–Kier alpha value is -0.900. The molecule has 2 aliphatic rings. The summed E-state index contributed by atoms with van der Waals surface area (Å²) in [5, 5.41) is 18.0. The first-order valence-corrected chi connectivity index (χ1v) is 6.31. The summed E-state index contributed by atoms with van der Waals surface area (Å²) >= 11 is 0. The fourth-order valence-electron chi connectivity index (χ4n) is 3.19. The molecule has 1 aromatic heterocycles. The zero-order chi connectivity index (χ0) is 11.2. The maximum Gasteiger partial charge on any atom is 0.0859 e. The van der Waals surface area contributed by atoms with E-state index in [1.807, 2.05) is 4.68 Å². The molecule has 88 valence electrons. The lowest BCUT2D eigenvalue weighted by Gasteiger charge is -2.17. The van der Waals surface area contributed by atoms with Crippen molar-refractivity contribution in [2.24, 2.45) is 11.3 Å². The van der Waals surface area contributed by atoms with E-state index in [0.717, 1.165) is 31.7 Å². The predicted molar refractivity (Wildman–Crippen MR) is 60.0 cm³/mol. The van der Waals surface area contributed by atoms with E-state index in [1.165, 1.54) is 24.2 Å². The molecule has 1 unspecified atom stereocenters. The number of rotatable bonds is 2. The van der Waals surface area contributed by atoms with Crippen LogP contribution in [0.2, 0.25) is 0 Å². The first-order chi connectivity index (χ1) is 7.79. The quantitative estimate of drug-likeness (QED) is 0.815. The molecule has 0 aliphatic heterocycles. The summed E-state index contributed by atoms with van der Waals surface area (Å²) < 4.78 is 2.02. The molecule has 0 amide bonds. The van der Waals surface area contributed by atoms with E-state index in [1.54, 1.807) is 0 Å². The van der Waals surface area contributed by atoms with E-state index >= 15 is 0 Å². The third-order valence-corrected chi connectivity index (χ3v) is 4.48. The number of hydrogen-bond acceptors (Lipinski definition) is 3. The van der Waals surface area contributed by atoms with Gasteiger partial charge in [-0.15, -0.1) is 5.10 Å². The highest BCUT2D eigenvalue weighted by Gasteiger charge is 2.53. The minimum atomic E-state index is 0.251. The summed E-state index contributed by atoms with van der Waals surface area (Å²) in [6, 6.07) is 0. The van der Waals surface area contributed by atoms with Gasteiger partial charge < -0.3 is 5.11 Å². The van der Waals surface area contributed by atoms with Gasteiger partial charge in [-0.3, -0.25) is 0 Å². The topological polar surface area (TPSA) is 50.9 Å². The van der Waals surface area contributed by atoms with Crippen molar-refractivity contribution in [1.29, 1.82) is 0 Å². The van der Waals surface area contributed by atoms with Crippen LogP contribution in [0.1, 0.15) is 37.6 Å². The molecular weight excluding hydrogens is 202 g/mol. The van der Waals surface area contributed by atoms with Crippen molar-refractivity contribution in [2.45, 2.75) is 45.6 Å². The van der Waals surface area contributed by atoms with Crippen LogP contribution in [-0.4, -0.2) is 26.7 Å². The molecule has 2 atom stereocenters. The predicted octanol–water partition coefficient (Wildman–Crippen LogP) is 1.18. The number of nitrogens with zero attached hydrogens (tertiary/aromatic N) is 3. The van der Waals surface area contributed by atoms with Crippen molar-refractivity contribution in [3.63, 3.8) is 0 Å². The molecule has 4 heteroatoms. The first-order valence-electron chi connectivity index (χ1n) is 6.31. The maximum atomic E-state index is 9.50. The summed E-state index contributed by atoms with van der Waals surface area (Å²) in [5.41, 5.74) is 2.75. The van der Waals surface area contributed by atoms with Crippen LogP contribution in [0.5, 0.6) is 0 Å². The molecule has 1 N–H and O–H groups in total. The maximum absolute atomic E-state index is 9.50. The van der Waals surface area contributed by atoms with Crippen molar-refractivity contribution >= 4 is 0 Å². The van der Waals surface area contributed by atoms with Gasteiger partial charge in [-0.25, -0.2) is 4.68 Å². The van der Waals surface area contributed by atoms with Crippen molar-refractivity contribution in [1.82, 2.24) is 15.0 Å². The molecule has 1 fully saturated rings. The molecule has 1 saturated carbocycles. The van der Waals surface area contributed by atoms with Crippen LogP contribution in [0, 0.1) is 11.3 Å². The fraction of sp³-hybridized carbons (Fsp3) is 0.833. The highest BCUT2D eigenvalue weighted by atomic mass is 16.3. The Morgan fingerprint density at radius 2 is 2.38 bits per heavy atom. The Balaban J connectivity index is 1.86. The van der Waals surface area contributed by atoms with Crippen molar-refractivity contribution in [2.75, 3.05) is 6.61 Å². The Kier molecular flexibility index (Phi) is 2.28. The largest absolute Gasteiger partial charge is 0.396 e. The van der Waals surface area contributed by atoms with Crippen LogP contribution in [0.25, 0.3) is 0 Å². The van der Waals surface area contributed by atoms with Crippen molar-refractivity contribution in [3.8, 4) is 0 Å². The molecule has 1 heterocycles. The minimum absolute atomic E-state index is 0.251. The first kappa shape index (κ1) is 10.3. The van der Waals surface area contributed by atoms with E-state index in [2.05, 4.69) is 17.2 Å². The molecule has 3 rings (SSSR count). The minimum Gasteiger partial charge on any atom is -0.396 e. The standard InChI is InChI=1S/C12H19N3O/c1-2-15-11-5-6-12(8-16)7-9(12)3-4-10(11)13-14-15/h9,16H,2-8H2,1H3/t9-,12?/m0/s1. The number of fused-ring (bicyclic) bond motifs is 2. The molecule has 16 heavy (non-hydrogen) atoms. The van der Waals surface area contributed by atoms with E-state index in [-0.39, 0.29) is 5.41 Å². The zero-order valence-corrected chi connectivity index (χ0v) is 9.82. The van der Waals surface area contributed by atoms with Gasteiger partial charge in [0.2, 0.25) is 0 Å². The Morgan fingerprint density at radius 3 is 3.12 bits per heavy atom. The molecule has 0 saturated heterocycles. The molecule has 4 nitrogen and oxygen atoms in total. The SMILES string of the molecule is CCn1nnc2c1CCC1(CO)C[C@@H]1CC2. The number of aryl methyl sites for hydroxylation is 2. The third-order valence-electron chi connectivity index (χ3n) is 4.48. The lowest BCUT2D eigenvalue weighted by atomic mass is 9.91. The number of aliphatic hydroxyl groups excluding tert-OH is 1. The number of aliphatic hydroxyl groups is 1. The Labute approximate surface area is 95.7 Å². The molecule has 2 aliphatic carbocycles. The normalized spacial score (nSPS) is 32.5. The fourth-order valence-corrected chi connectivity index (χ4v) is 3.19. The lowest BCUT2D eigenvalue weighted by Crippen LogP contribution is -2.16. The van der Waals surface area contributed by atoms with Crippen LogP contribution in [-0.2, 0) is 19.4 Å². The van der Waals surface area contributed by atoms with Gasteiger partial charge in [0.15, 0.2) is 0 Å². The van der Waals surface area contributed by atoms with E-state index in [4.69, 9.17) is 0 Å². The van der Waals surface area contributed by atoms with Gasteiger partial charge >= 0.3 is 0 Å². The number of aromatic nitrogens is 3. The average molecular weight is 221 g/mol. The average Bonchev–Trinajstić information content (AvgIpc) is 2.83. The second kappa shape index (κ2) is 3.55.